The minimum absolute atomic E-state index is 1.02. The molecule has 1 aromatic carbocycles. The van der Waals surface area contributed by atoms with Gasteiger partial charge in [-0.15, -0.1) is 0 Å². The number of nitrogens with zero attached hydrogens (tertiary/aromatic N) is 1. The van der Waals surface area contributed by atoms with Crippen molar-refractivity contribution in [3.63, 3.8) is 0 Å². The number of anilines is 1. The molecule has 17 heavy (non-hydrogen) atoms. The number of aryl methyl sites for hydroxylation is 2. The summed E-state index contributed by atoms with van der Waals surface area (Å²) in [7, 11) is 0. The van der Waals surface area contributed by atoms with Crippen LogP contribution in [-0.2, 0) is 6.42 Å². The summed E-state index contributed by atoms with van der Waals surface area (Å²) in [5, 5.41) is 0. The molecule has 1 nitrogen and oxygen atoms in total. The van der Waals surface area contributed by atoms with Crippen LogP contribution in [0.4, 0.5) is 5.69 Å². The van der Waals surface area contributed by atoms with Crippen molar-refractivity contribution in [1.82, 2.24) is 0 Å². The van der Waals surface area contributed by atoms with Crippen molar-refractivity contribution in [1.29, 1.82) is 0 Å². The van der Waals surface area contributed by atoms with Gasteiger partial charge < -0.3 is 4.90 Å². The Morgan fingerprint density at radius 1 is 1.24 bits per heavy atom. The average molecular weight is 249 g/mol. The Labute approximate surface area is 111 Å². The molecule has 0 aliphatic carbocycles. The molecule has 0 amide bonds. The average Bonchev–Trinajstić information content (AvgIpc) is 2.34. The standard InChI is InChI=1S/C15H23NS/c1-13-7-8-15-14(12-13)6-5-10-16(15)9-3-2-4-11-17/h7-8,12,17H,2-6,9-11H2,1H3. The summed E-state index contributed by atoms with van der Waals surface area (Å²) in [6.07, 6.45) is 6.42. The lowest BCUT2D eigenvalue weighted by Gasteiger charge is -2.31. The zero-order valence-electron chi connectivity index (χ0n) is 10.8. The minimum Gasteiger partial charge on any atom is -0.371 e. The fourth-order valence-electron chi connectivity index (χ4n) is 2.63. The van der Waals surface area contributed by atoms with Gasteiger partial charge in [-0.25, -0.2) is 0 Å². The van der Waals surface area contributed by atoms with Crippen molar-refractivity contribution in [3.05, 3.63) is 29.3 Å². The third kappa shape index (κ3) is 3.41. The Bertz CT molecular complexity index is 362. The second kappa shape index (κ2) is 6.34. The lowest BCUT2D eigenvalue weighted by atomic mass is 9.99. The summed E-state index contributed by atoms with van der Waals surface area (Å²) in [5.41, 5.74) is 4.42. The quantitative estimate of drug-likeness (QED) is 0.613. The number of rotatable bonds is 5. The van der Waals surface area contributed by atoms with E-state index < -0.39 is 0 Å². The van der Waals surface area contributed by atoms with Gasteiger partial charge in [0.1, 0.15) is 0 Å². The Morgan fingerprint density at radius 2 is 2.12 bits per heavy atom. The lowest BCUT2D eigenvalue weighted by molar-refractivity contribution is 0.639. The van der Waals surface area contributed by atoms with Gasteiger partial charge in [0.2, 0.25) is 0 Å². The molecule has 0 unspecified atom stereocenters. The van der Waals surface area contributed by atoms with Crippen LogP contribution in [0.3, 0.4) is 0 Å². The van der Waals surface area contributed by atoms with Crippen LogP contribution in [0.1, 0.15) is 36.8 Å². The van der Waals surface area contributed by atoms with Crippen LogP contribution in [0.25, 0.3) is 0 Å². The van der Waals surface area contributed by atoms with Gasteiger partial charge in [0.05, 0.1) is 0 Å². The molecule has 0 bridgehead atoms. The third-order valence-corrected chi connectivity index (χ3v) is 3.85. The molecule has 2 rings (SSSR count). The molecule has 0 aromatic heterocycles. The predicted molar refractivity (Wildman–Crippen MR) is 79.4 cm³/mol. The maximum absolute atomic E-state index is 4.26. The number of thiol groups is 1. The van der Waals surface area contributed by atoms with Crippen LogP contribution < -0.4 is 4.90 Å². The van der Waals surface area contributed by atoms with Gasteiger partial charge in [-0.1, -0.05) is 24.1 Å². The number of fused-ring (bicyclic) bond motifs is 1. The second-order valence-electron chi connectivity index (χ2n) is 5.01. The van der Waals surface area contributed by atoms with Crippen LogP contribution in [0, 0.1) is 6.92 Å². The number of unbranched alkanes of at least 4 members (excludes halogenated alkanes) is 2. The first-order valence-corrected chi connectivity index (χ1v) is 7.40. The zero-order chi connectivity index (χ0) is 12.1. The summed E-state index contributed by atoms with van der Waals surface area (Å²) >= 11 is 4.26. The fourth-order valence-corrected chi connectivity index (χ4v) is 2.85. The van der Waals surface area contributed by atoms with Crippen molar-refractivity contribution in [2.45, 2.75) is 39.0 Å². The Morgan fingerprint density at radius 3 is 2.94 bits per heavy atom. The molecule has 1 aliphatic rings. The van der Waals surface area contributed by atoms with Gasteiger partial charge in [0.25, 0.3) is 0 Å². The number of benzene rings is 1. The molecule has 0 N–H and O–H groups in total. The van der Waals surface area contributed by atoms with Gasteiger partial charge in [0, 0.05) is 18.8 Å². The van der Waals surface area contributed by atoms with Crippen LogP contribution in [0.15, 0.2) is 18.2 Å². The molecule has 0 atom stereocenters. The van der Waals surface area contributed by atoms with E-state index in [1.165, 1.54) is 56.4 Å². The highest BCUT2D eigenvalue weighted by Crippen LogP contribution is 2.28. The van der Waals surface area contributed by atoms with E-state index in [9.17, 15) is 0 Å². The molecule has 0 radical (unpaired) electrons. The van der Waals surface area contributed by atoms with Crippen molar-refractivity contribution in [2.75, 3.05) is 23.7 Å². The predicted octanol–water partition coefficient (Wildman–Crippen LogP) is 3.85. The van der Waals surface area contributed by atoms with Gasteiger partial charge >= 0.3 is 0 Å². The smallest absolute Gasteiger partial charge is 0.0398 e. The second-order valence-corrected chi connectivity index (χ2v) is 5.45. The van der Waals surface area contributed by atoms with Crippen LogP contribution in [0.2, 0.25) is 0 Å². The third-order valence-electron chi connectivity index (χ3n) is 3.54. The lowest BCUT2D eigenvalue weighted by Crippen LogP contribution is -2.30. The molecular formula is C15H23NS. The van der Waals surface area contributed by atoms with Gasteiger partial charge in [-0.2, -0.15) is 12.6 Å². The molecule has 0 saturated carbocycles. The Balaban J connectivity index is 1.97. The minimum atomic E-state index is 1.02. The first-order valence-electron chi connectivity index (χ1n) is 6.76. The summed E-state index contributed by atoms with van der Waals surface area (Å²) < 4.78 is 0. The molecular weight excluding hydrogens is 226 g/mol. The molecule has 1 aromatic rings. The zero-order valence-corrected chi connectivity index (χ0v) is 11.7. The number of hydrogen-bond donors (Lipinski definition) is 1. The molecule has 1 heterocycles. The van der Waals surface area contributed by atoms with E-state index in [-0.39, 0.29) is 0 Å². The molecule has 2 heteroatoms. The molecule has 94 valence electrons. The summed E-state index contributed by atoms with van der Waals surface area (Å²) in [5.74, 6) is 1.02. The van der Waals surface area contributed by atoms with E-state index in [2.05, 4.69) is 42.7 Å². The summed E-state index contributed by atoms with van der Waals surface area (Å²) in [6, 6.07) is 6.91. The van der Waals surface area contributed by atoms with Gasteiger partial charge in [-0.3, -0.25) is 0 Å². The van der Waals surface area contributed by atoms with Gasteiger partial charge in [-0.05, 0) is 50.0 Å². The summed E-state index contributed by atoms with van der Waals surface area (Å²) in [4.78, 5) is 2.57. The highest BCUT2D eigenvalue weighted by molar-refractivity contribution is 7.80. The van der Waals surface area contributed by atoms with Crippen molar-refractivity contribution < 1.29 is 0 Å². The van der Waals surface area contributed by atoms with Gasteiger partial charge in [0.15, 0.2) is 0 Å². The van der Waals surface area contributed by atoms with Crippen molar-refractivity contribution >= 4 is 18.3 Å². The molecule has 1 aliphatic heterocycles. The first kappa shape index (κ1) is 12.8. The Kier molecular flexibility index (Phi) is 4.78. The first-order chi connectivity index (χ1) is 8.31. The van der Waals surface area contributed by atoms with E-state index in [4.69, 9.17) is 0 Å². The van der Waals surface area contributed by atoms with E-state index in [0.29, 0.717) is 0 Å². The van der Waals surface area contributed by atoms with Crippen molar-refractivity contribution in [2.24, 2.45) is 0 Å². The van der Waals surface area contributed by atoms with Crippen LogP contribution in [-0.4, -0.2) is 18.8 Å². The maximum Gasteiger partial charge on any atom is 0.0398 e. The largest absolute Gasteiger partial charge is 0.371 e. The SMILES string of the molecule is Cc1ccc2c(c1)CCCN2CCCCCS. The highest BCUT2D eigenvalue weighted by atomic mass is 32.1. The molecule has 0 fully saturated rings. The molecule has 0 spiro atoms. The van der Waals surface area contributed by atoms with E-state index >= 15 is 0 Å². The highest BCUT2D eigenvalue weighted by Gasteiger charge is 2.15. The normalized spacial score (nSPS) is 14.8. The fraction of sp³-hybridized carbons (Fsp3) is 0.600. The van der Waals surface area contributed by atoms with E-state index in [1.807, 2.05) is 0 Å². The number of hydrogen-bond acceptors (Lipinski definition) is 2. The van der Waals surface area contributed by atoms with E-state index in [0.717, 1.165) is 5.75 Å². The van der Waals surface area contributed by atoms with E-state index in [1.54, 1.807) is 5.56 Å². The Hall–Kier alpha value is -0.630. The van der Waals surface area contributed by atoms with Crippen molar-refractivity contribution in [3.8, 4) is 0 Å². The van der Waals surface area contributed by atoms with Crippen LogP contribution >= 0.6 is 12.6 Å². The van der Waals surface area contributed by atoms with Crippen LogP contribution in [0.5, 0.6) is 0 Å². The summed E-state index contributed by atoms with van der Waals surface area (Å²) in [6.45, 7) is 4.63. The monoisotopic (exact) mass is 249 g/mol. The maximum atomic E-state index is 4.26. The topological polar surface area (TPSA) is 3.24 Å². The molecule has 0 saturated heterocycles.